The normalized spacial score (nSPS) is 11.1. The van der Waals surface area contributed by atoms with Crippen molar-refractivity contribution < 1.29 is 18.7 Å². The van der Waals surface area contributed by atoms with Crippen LogP contribution in [0.25, 0.3) is 10.9 Å². The Morgan fingerprint density at radius 3 is 2.80 bits per heavy atom. The molecule has 0 aliphatic carbocycles. The third-order valence-corrected chi connectivity index (χ3v) is 3.03. The molecule has 0 radical (unpaired) electrons. The van der Waals surface area contributed by atoms with Gasteiger partial charge in [-0.05, 0) is 18.1 Å². The zero-order valence-corrected chi connectivity index (χ0v) is 12.9. The fraction of sp³-hybridized carbons (Fsp3) is 0.385. The number of carbonyl (C=O) groups excluding carboxylic acids is 1. The molecule has 7 heteroatoms. The number of ether oxygens (including phenoxy) is 2. The van der Waals surface area contributed by atoms with E-state index >= 15 is 0 Å². The first-order valence-corrected chi connectivity index (χ1v) is 6.82. The van der Waals surface area contributed by atoms with Gasteiger partial charge in [-0.25, -0.2) is 9.18 Å². The number of rotatable bonds is 3. The summed E-state index contributed by atoms with van der Waals surface area (Å²) in [6.45, 7) is 4.11. The first-order chi connectivity index (χ1) is 9.43. The van der Waals surface area contributed by atoms with Gasteiger partial charge in [-0.15, -0.1) is 5.10 Å². The second-order valence-corrected chi connectivity index (χ2v) is 5.59. The van der Waals surface area contributed by atoms with Crippen LogP contribution in [0, 0.1) is 11.7 Å². The molecule has 0 unspecified atom stereocenters. The number of fused-ring (bicyclic) bond motifs is 1. The largest absolute Gasteiger partial charge is 0.479 e. The number of nitrogens with zero attached hydrogens (tertiary/aromatic N) is 2. The molecule has 0 atom stereocenters. The number of benzene rings is 1. The average Bonchev–Trinajstić information content (AvgIpc) is 2.74. The Kier molecular flexibility index (Phi) is 4.27. The lowest BCUT2D eigenvalue weighted by Crippen LogP contribution is -2.17. The molecular weight excluding hydrogens is 331 g/mol. The van der Waals surface area contributed by atoms with Crippen LogP contribution in [0.1, 0.15) is 13.8 Å². The molecule has 1 aromatic carbocycles. The van der Waals surface area contributed by atoms with Crippen LogP contribution >= 0.6 is 15.9 Å². The first kappa shape index (κ1) is 14.8. The van der Waals surface area contributed by atoms with E-state index in [4.69, 9.17) is 9.47 Å². The number of hydrogen-bond donors (Lipinski definition) is 0. The Hall–Kier alpha value is -1.63. The topological polar surface area (TPSA) is 53.4 Å². The molecule has 0 saturated carbocycles. The molecule has 0 spiro atoms. The van der Waals surface area contributed by atoms with Crippen LogP contribution < -0.4 is 4.74 Å². The van der Waals surface area contributed by atoms with E-state index in [9.17, 15) is 9.18 Å². The quantitative estimate of drug-likeness (QED) is 0.853. The molecule has 0 fully saturated rings. The summed E-state index contributed by atoms with van der Waals surface area (Å²) < 4.78 is 25.6. The Morgan fingerprint density at radius 2 is 2.20 bits per heavy atom. The summed E-state index contributed by atoms with van der Waals surface area (Å²) in [5.41, 5.74) is 0.294. The van der Waals surface area contributed by atoms with Gasteiger partial charge in [0, 0.05) is 4.47 Å². The zero-order chi connectivity index (χ0) is 14.9. The Morgan fingerprint density at radius 1 is 1.50 bits per heavy atom. The highest BCUT2D eigenvalue weighted by Crippen LogP contribution is 2.30. The van der Waals surface area contributed by atoms with Crippen LogP contribution in [-0.2, 0) is 4.74 Å². The molecule has 0 aliphatic heterocycles. The molecule has 108 valence electrons. The minimum atomic E-state index is -0.662. The van der Waals surface area contributed by atoms with Crippen molar-refractivity contribution in [2.24, 2.45) is 5.92 Å². The van der Waals surface area contributed by atoms with Gasteiger partial charge in [0.1, 0.15) is 5.82 Å². The zero-order valence-electron chi connectivity index (χ0n) is 11.3. The van der Waals surface area contributed by atoms with Crippen LogP contribution in [0.4, 0.5) is 9.18 Å². The first-order valence-electron chi connectivity index (χ1n) is 6.03. The molecular formula is C13H14BrFN2O3. The van der Waals surface area contributed by atoms with Crippen molar-refractivity contribution in [3.05, 3.63) is 22.4 Å². The van der Waals surface area contributed by atoms with Gasteiger partial charge in [0.05, 0.1) is 24.6 Å². The second kappa shape index (κ2) is 5.78. The van der Waals surface area contributed by atoms with Gasteiger partial charge < -0.3 is 9.47 Å². The van der Waals surface area contributed by atoms with Crippen LogP contribution in [0.3, 0.4) is 0 Å². The van der Waals surface area contributed by atoms with E-state index in [-0.39, 0.29) is 23.8 Å². The van der Waals surface area contributed by atoms with E-state index in [2.05, 4.69) is 21.0 Å². The van der Waals surface area contributed by atoms with Gasteiger partial charge in [0.25, 0.3) is 0 Å². The fourth-order valence-electron chi connectivity index (χ4n) is 1.71. The molecule has 0 bridgehead atoms. The molecule has 2 rings (SSSR count). The monoisotopic (exact) mass is 344 g/mol. The molecule has 0 amide bonds. The van der Waals surface area contributed by atoms with Crippen molar-refractivity contribution >= 4 is 32.9 Å². The van der Waals surface area contributed by atoms with E-state index in [1.807, 2.05) is 13.8 Å². The van der Waals surface area contributed by atoms with Crippen molar-refractivity contribution in [1.29, 1.82) is 0 Å². The van der Waals surface area contributed by atoms with Crippen molar-refractivity contribution in [3.8, 4) is 5.88 Å². The molecule has 0 aliphatic rings. The molecule has 0 N–H and O–H groups in total. The van der Waals surface area contributed by atoms with Gasteiger partial charge in [0.2, 0.25) is 5.88 Å². The standard InChI is InChI=1S/C13H14BrFN2O3/c1-7(2)6-20-13(18)17-10-5-8(14)4-9(15)11(10)12(16-17)19-3/h4-5,7H,6H2,1-3H3. The van der Waals surface area contributed by atoms with E-state index in [1.165, 1.54) is 13.2 Å². The van der Waals surface area contributed by atoms with Gasteiger partial charge in [-0.3, -0.25) is 0 Å². The fourth-order valence-corrected chi connectivity index (χ4v) is 2.13. The lowest BCUT2D eigenvalue weighted by atomic mass is 10.2. The highest BCUT2D eigenvalue weighted by atomic mass is 79.9. The number of aromatic nitrogens is 2. The van der Waals surface area contributed by atoms with E-state index in [0.717, 1.165) is 4.68 Å². The number of hydrogen-bond acceptors (Lipinski definition) is 4. The second-order valence-electron chi connectivity index (χ2n) is 4.67. The minimum Gasteiger partial charge on any atom is -0.479 e. The van der Waals surface area contributed by atoms with Crippen LogP contribution in [-0.4, -0.2) is 29.6 Å². The predicted molar refractivity (Wildman–Crippen MR) is 75.5 cm³/mol. The third kappa shape index (κ3) is 2.77. The van der Waals surface area contributed by atoms with Crippen LogP contribution in [0.5, 0.6) is 5.88 Å². The van der Waals surface area contributed by atoms with Gasteiger partial charge in [-0.2, -0.15) is 4.68 Å². The van der Waals surface area contributed by atoms with Gasteiger partial charge >= 0.3 is 6.09 Å². The van der Waals surface area contributed by atoms with Crippen LogP contribution in [0.15, 0.2) is 16.6 Å². The SMILES string of the molecule is COc1nn(C(=O)OCC(C)C)c2cc(Br)cc(F)c12. The summed E-state index contributed by atoms with van der Waals surface area (Å²) in [5, 5.41) is 4.10. The highest BCUT2D eigenvalue weighted by molar-refractivity contribution is 9.10. The number of methoxy groups -OCH3 is 1. The van der Waals surface area contributed by atoms with Gasteiger partial charge in [0.15, 0.2) is 0 Å². The maximum Gasteiger partial charge on any atom is 0.435 e. The van der Waals surface area contributed by atoms with Gasteiger partial charge in [-0.1, -0.05) is 29.8 Å². The Bertz CT molecular complexity index is 655. The van der Waals surface area contributed by atoms with Crippen LogP contribution in [0.2, 0.25) is 0 Å². The average molecular weight is 345 g/mol. The molecule has 5 nitrogen and oxygen atoms in total. The molecule has 20 heavy (non-hydrogen) atoms. The lowest BCUT2D eigenvalue weighted by molar-refractivity contribution is 0.132. The van der Waals surface area contributed by atoms with E-state index < -0.39 is 11.9 Å². The predicted octanol–water partition coefficient (Wildman–Crippen LogP) is 3.59. The minimum absolute atomic E-state index is 0.0477. The van der Waals surface area contributed by atoms with Crippen molar-refractivity contribution in [3.63, 3.8) is 0 Å². The lowest BCUT2D eigenvalue weighted by Gasteiger charge is -2.07. The summed E-state index contributed by atoms with van der Waals surface area (Å²) in [4.78, 5) is 12.0. The molecule has 0 saturated heterocycles. The van der Waals surface area contributed by atoms with Crippen molar-refractivity contribution in [1.82, 2.24) is 9.78 Å². The summed E-state index contributed by atoms with van der Waals surface area (Å²) in [5.74, 6) is -0.272. The van der Waals surface area contributed by atoms with E-state index in [1.54, 1.807) is 6.07 Å². The summed E-state index contributed by atoms with van der Waals surface area (Å²) in [6, 6.07) is 2.88. The maximum absolute atomic E-state index is 14.0. The molecule has 2 aromatic rings. The smallest absolute Gasteiger partial charge is 0.435 e. The molecule has 1 heterocycles. The molecule has 1 aromatic heterocycles. The Balaban J connectivity index is 2.51. The van der Waals surface area contributed by atoms with Crippen molar-refractivity contribution in [2.75, 3.05) is 13.7 Å². The summed E-state index contributed by atoms with van der Waals surface area (Å²) in [6.07, 6.45) is -0.662. The Labute approximate surface area is 123 Å². The third-order valence-electron chi connectivity index (χ3n) is 2.57. The highest BCUT2D eigenvalue weighted by Gasteiger charge is 2.21. The van der Waals surface area contributed by atoms with Crippen molar-refractivity contribution in [2.45, 2.75) is 13.8 Å². The summed E-state index contributed by atoms with van der Waals surface area (Å²) in [7, 11) is 1.37. The number of carbonyl (C=O) groups is 1. The summed E-state index contributed by atoms with van der Waals surface area (Å²) >= 11 is 3.19. The van der Waals surface area contributed by atoms with E-state index in [0.29, 0.717) is 9.99 Å². The maximum atomic E-state index is 14.0. The number of halogens is 2.